The van der Waals surface area contributed by atoms with E-state index in [-0.39, 0.29) is 18.5 Å². The lowest BCUT2D eigenvalue weighted by Crippen LogP contribution is -2.41. The van der Waals surface area contributed by atoms with E-state index in [1.165, 1.54) is 12.7 Å². The number of amides is 1. The van der Waals surface area contributed by atoms with E-state index in [2.05, 4.69) is 11.4 Å². The molecule has 0 aliphatic carbocycles. The molecule has 2 aromatic carbocycles. The van der Waals surface area contributed by atoms with Crippen molar-refractivity contribution in [2.75, 3.05) is 24.2 Å². The zero-order valence-corrected chi connectivity index (χ0v) is 17.8. The number of nitrogens with one attached hydrogen (secondary N) is 1. The third kappa shape index (κ3) is 5.25. The molecule has 0 bridgehead atoms. The third-order valence-electron chi connectivity index (χ3n) is 4.72. The molecule has 0 saturated heterocycles. The maximum absolute atomic E-state index is 12.7. The summed E-state index contributed by atoms with van der Waals surface area (Å²) in [6.45, 7) is 5.73. The molecule has 1 amide bonds. The Bertz CT molecular complexity index is 941. The summed E-state index contributed by atoms with van der Waals surface area (Å²) in [6.07, 6.45) is 1.77. The Morgan fingerprint density at radius 3 is 2.39 bits per heavy atom. The zero-order valence-electron chi connectivity index (χ0n) is 17.0. The molecule has 2 rings (SSSR count). The fraction of sp³-hybridized carbons (Fsp3) is 0.381. The number of para-hydroxylation sites is 2. The van der Waals surface area contributed by atoms with Crippen molar-refractivity contribution in [1.29, 1.82) is 0 Å². The molecule has 0 unspecified atom stereocenters. The summed E-state index contributed by atoms with van der Waals surface area (Å²) in [5.74, 6) is 0.0170. The highest BCUT2D eigenvalue weighted by molar-refractivity contribution is 7.92. The number of aryl methyl sites for hydroxylation is 2. The second-order valence-corrected chi connectivity index (χ2v) is 8.72. The number of sulfonamides is 1. The molecule has 0 spiro atoms. The van der Waals surface area contributed by atoms with Crippen LogP contribution >= 0.6 is 0 Å². The standard InChI is InChI=1S/C21H28N2O4S/c1-6-18(17-12-11-15(2)16(3)13-17)22-21(24)14-23(28(5,25)26)19-9-7-8-10-20(19)27-4/h7-13,18H,6,14H2,1-5H3,(H,22,24)/t18-/m0/s1. The van der Waals surface area contributed by atoms with E-state index in [0.717, 1.165) is 21.7 Å². The van der Waals surface area contributed by atoms with E-state index in [9.17, 15) is 13.2 Å². The molecule has 0 radical (unpaired) electrons. The van der Waals surface area contributed by atoms with E-state index >= 15 is 0 Å². The fourth-order valence-electron chi connectivity index (χ4n) is 2.99. The lowest BCUT2D eigenvalue weighted by atomic mass is 9.99. The van der Waals surface area contributed by atoms with Crippen molar-refractivity contribution in [2.24, 2.45) is 0 Å². The van der Waals surface area contributed by atoms with Gasteiger partial charge in [0.2, 0.25) is 15.9 Å². The molecule has 0 heterocycles. The number of benzene rings is 2. The Balaban J connectivity index is 2.24. The first-order chi connectivity index (χ1) is 13.2. The second kappa shape index (κ2) is 9.10. The molecule has 152 valence electrons. The summed E-state index contributed by atoms with van der Waals surface area (Å²) in [7, 11) is -2.21. The van der Waals surface area contributed by atoms with Gasteiger partial charge in [-0.25, -0.2) is 8.42 Å². The first kappa shape index (κ1) is 21.8. The van der Waals surface area contributed by atoms with Gasteiger partial charge < -0.3 is 10.1 Å². The van der Waals surface area contributed by atoms with Crippen molar-refractivity contribution < 1.29 is 17.9 Å². The molecule has 1 N–H and O–H groups in total. The number of ether oxygens (including phenoxy) is 1. The fourth-order valence-corrected chi connectivity index (χ4v) is 3.85. The van der Waals surface area contributed by atoms with Gasteiger partial charge in [-0.2, -0.15) is 0 Å². The van der Waals surface area contributed by atoms with Crippen LogP contribution < -0.4 is 14.4 Å². The van der Waals surface area contributed by atoms with Gasteiger partial charge in [-0.3, -0.25) is 9.10 Å². The van der Waals surface area contributed by atoms with Gasteiger partial charge in [0.05, 0.1) is 25.1 Å². The largest absolute Gasteiger partial charge is 0.495 e. The quantitative estimate of drug-likeness (QED) is 0.732. The molecule has 1 atom stereocenters. The van der Waals surface area contributed by atoms with Crippen LogP contribution in [0.3, 0.4) is 0 Å². The minimum Gasteiger partial charge on any atom is -0.495 e. The monoisotopic (exact) mass is 404 g/mol. The van der Waals surface area contributed by atoms with Gasteiger partial charge in [-0.15, -0.1) is 0 Å². The average molecular weight is 405 g/mol. The molecule has 6 nitrogen and oxygen atoms in total. The lowest BCUT2D eigenvalue weighted by molar-refractivity contribution is -0.120. The molecule has 0 saturated carbocycles. The topological polar surface area (TPSA) is 75.7 Å². The predicted molar refractivity (Wildman–Crippen MR) is 112 cm³/mol. The van der Waals surface area contributed by atoms with Crippen LogP contribution in [0.2, 0.25) is 0 Å². The maximum atomic E-state index is 12.7. The van der Waals surface area contributed by atoms with Crippen LogP contribution in [0.4, 0.5) is 5.69 Å². The Morgan fingerprint density at radius 2 is 1.82 bits per heavy atom. The van der Waals surface area contributed by atoms with Crippen LogP contribution in [0.1, 0.15) is 36.1 Å². The average Bonchev–Trinajstić information content (AvgIpc) is 2.65. The van der Waals surface area contributed by atoms with E-state index in [4.69, 9.17) is 4.74 Å². The minimum atomic E-state index is -3.67. The number of hydrogen-bond acceptors (Lipinski definition) is 4. The third-order valence-corrected chi connectivity index (χ3v) is 5.84. The van der Waals surface area contributed by atoms with Crippen molar-refractivity contribution in [3.63, 3.8) is 0 Å². The van der Waals surface area contributed by atoms with E-state index in [1.807, 2.05) is 32.9 Å². The molecule has 0 fully saturated rings. The molecule has 2 aromatic rings. The summed E-state index contributed by atoms with van der Waals surface area (Å²) in [5, 5.41) is 2.95. The van der Waals surface area contributed by atoms with E-state index < -0.39 is 10.0 Å². The lowest BCUT2D eigenvalue weighted by Gasteiger charge is -2.25. The Labute approximate surface area is 167 Å². The highest BCUT2D eigenvalue weighted by Crippen LogP contribution is 2.29. The van der Waals surface area contributed by atoms with Crippen LogP contribution in [0.5, 0.6) is 5.75 Å². The summed E-state index contributed by atoms with van der Waals surface area (Å²) in [4.78, 5) is 12.7. The summed E-state index contributed by atoms with van der Waals surface area (Å²) < 4.78 is 31.0. The maximum Gasteiger partial charge on any atom is 0.241 e. The highest BCUT2D eigenvalue weighted by Gasteiger charge is 2.25. The molecular weight excluding hydrogens is 376 g/mol. The van der Waals surface area contributed by atoms with Crippen LogP contribution in [0.25, 0.3) is 0 Å². The van der Waals surface area contributed by atoms with Crippen LogP contribution in [0, 0.1) is 13.8 Å². The number of nitrogens with zero attached hydrogens (tertiary/aromatic N) is 1. The molecule has 0 aromatic heterocycles. The zero-order chi connectivity index (χ0) is 20.9. The van der Waals surface area contributed by atoms with Gasteiger partial charge in [0.15, 0.2) is 0 Å². The van der Waals surface area contributed by atoms with Gasteiger partial charge in [0.25, 0.3) is 0 Å². The van der Waals surface area contributed by atoms with Gasteiger partial charge in [0, 0.05) is 0 Å². The summed E-state index contributed by atoms with van der Waals surface area (Å²) in [5.41, 5.74) is 3.67. The van der Waals surface area contributed by atoms with Crippen LogP contribution in [-0.4, -0.2) is 34.2 Å². The van der Waals surface area contributed by atoms with Crippen molar-refractivity contribution in [3.8, 4) is 5.75 Å². The summed E-state index contributed by atoms with van der Waals surface area (Å²) in [6, 6.07) is 12.6. The minimum absolute atomic E-state index is 0.189. The predicted octanol–water partition coefficient (Wildman–Crippen LogP) is 3.35. The molecular formula is C21H28N2O4S. The van der Waals surface area contributed by atoms with Gasteiger partial charge in [0.1, 0.15) is 12.3 Å². The van der Waals surface area contributed by atoms with E-state index in [1.54, 1.807) is 24.3 Å². The molecule has 0 aliphatic heterocycles. The number of carbonyl (C=O) groups is 1. The van der Waals surface area contributed by atoms with Crippen molar-refractivity contribution >= 4 is 21.6 Å². The van der Waals surface area contributed by atoms with Crippen molar-refractivity contribution in [1.82, 2.24) is 5.32 Å². The first-order valence-electron chi connectivity index (χ1n) is 9.14. The number of anilines is 1. The Morgan fingerprint density at radius 1 is 1.14 bits per heavy atom. The highest BCUT2D eigenvalue weighted by atomic mass is 32.2. The van der Waals surface area contributed by atoms with Crippen molar-refractivity contribution in [2.45, 2.75) is 33.2 Å². The van der Waals surface area contributed by atoms with Gasteiger partial charge >= 0.3 is 0 Å². The Kier molecular flexibility index (Phi) is 7.07. The second-order valence-electron chi connectivity index (χ2n) is 6.81. The van der Waals surface area contributed by atoms with Gasteiger partial charge in [-0.1, -0.05) is 37.3 Å². The number of rotatable bonds is 8. The van der Waals surface area contributed by atoms with Crippen LogP contribution in [0.15, 0.2) is 42.5 Å². The number of hydrogen-bond donors (Lipinski definition) is 1. The van der Waals surface area contributed by atoms with Crippen LogP contribution in [-0.2, 0) is 14.8 Å². The Hall–Kier alpha value is -2.54. The number of methoxy groups -OCH3 is 1. The van der Waals surface area contributed by atoms with Crippen molar-refractivity contribution in [3.05, 3.63) is 59.2 Å². The van der Waals surface area contributed by atoms with Gasteiger partial charge in [-0.05, 0) is 49.1 Å². The molecule has 28 heavy (non-hydrogen) atoms. The number of carbonyl (C=O) groups excluding carboxylic acids is 1. The summed E-state index contributed by atoms with van der Waals surface area (Å²) >= 11 is 0. The SMILES string of the molecule is CC[C@H](NC(=O)CN(c1ccccc1OC)S(C)(=O)=O)c1ccc(C)c(C)c1. The normalized spacial score (nSPS) is 12.3. The smallest absolute Gasteiger partial charge is 0.241 e. The molecule has 7 heteroatoms. The molecule has 0 aliphatic rings. The van der Waals surface area contributed by atoms with E-state index in [0.29, 0.717) is 17.9 Å². The first-order valence-corrected chi connectivity index (χ1v) is 11.0.